The van der Waals surface area contributed by atoms with Crippen molar-refractivity contribution in [3.63, 3.8) is 0 Å². The molecule has 0 radical (unpaired) electrons. The van der Waals surface area contributed by atoms with Crippen LogP contribution in [-0.4, -0.2) is 40.3 Å². The molecule has 0 aliphatic heterocycles. The second kappa shape index (κ2) is 13.3. The molecule has 1 amide bonds. The third-order valence-electron chi connectivity index (χ3n) is 5.49. The van der Waals surface area contributed by atoms with Crippen molar-refractivity contribution in [2.24, 2.45) is 0 Å². The largest absolute Gasteiger partial charge is 0.490 e. The number of hydrogen-bond donors (Lipinski definition) is 1. The highest BCUT2D eigenvalue weighted by Gasteiger charge is 2.40. The van der Waals surface area contributed by atoms with Crippen LogP contribution >= 0.6 is 0 Å². The van der Waals surface area contributed by atoms with E-state index in [2.05, 4.69) is 53.1 Å². The summed E-state index contributed by atoms with van der Waals surface area (Å²) in [6, 6.07) is 8.75. The summed E-state index contributed by atoms with van der Waals surface area (Å²) in [6.45, 7) is 19.6. The highest BCUT2D eigenvalue weighted by Crippen LogP contribution is 2.36. The van der Waals surface area contributed by atoms with E-state index in [4.69, 9.17) is 13.9 Å². The van der Waals surface area contributed by atoms with E-state index in [-0.39, 0.29) is 12.6 Å². The third kappa shape index (κ3) is 7.99. The average Bonchev–Trinajstić information content (AvgIpc) is 2.71. The topological polar surface area (TPSA) is 56.8 Å². The predicted octanol–water partition coefficient (Wildman–Crippen LogP) is 5.88. The lowest BCUT2D eigenvalue weighted by molar-refractivity contribution is 0.146. The van der Waals surface area contributed by atoms with Crippen LogP contribution in [0.15, 0.2) is 49.6 Å². The lowest BCUT2D eigenvalue weighted by atomic mass is 10.1. The van der Waals surface area contributed by atoms with Gasteiger partial charge in [0, 0.05) is 0 Å². The molecule has 0 bridgehead atoms. The molecule has 5 nitrogen and oxygen atoms in total. The van der Waals surface area contributed by atoms with E-state index in [0.717, 1.165) is 17.4 Å². The molecule has 0 heterocycles. The lowest BCUT2D eigenvalue weighted by Crippen LogP contribution is -2.49. The Kier molecular flexibility index (Phi) is 11.5. The molecule has 0 aliphatic rings. The van der Waals surface area contributed by atoms with E-state index < -0.39 is 14.4 Å². The summed E-state index contributed by atoms with van der Waals surface area (Å²) in [4.78, 5) is 12.2. The molecule has 0 spiro atoms. The normalized spacial score (nSPS) is 12.5. The van der Waals surface area contributed by atoms with Gasteiger partial charge >= 0.3 is 6.09 Å². The first-order valence-electron chi connectivity index (χ1n) is 10.8. The molecule has 6 heteroatoms. The second-order valence-corrected chi connectivity index (χ2v) is 13.3. The molecule has 0 saturated heterocycles. The Morgan fingerprint density at radius 1 is 1.07 bits per heavy atom. The molecule has 0 unspecified atom stereocenters. The minimum absolute atomic E-state index is 0.181. The summed E-state index contributed by atoms with van der Waals surface area (Å²) in [5.74, 6) is 0.793. The minimum Gasteiger partial charge on any atom is -0.490 e. The summed E-state index contributed by atoms with van der Waals surface area (Å²) < 4.78 is 17.3. The van der Waals surface area contributed by atoms with E-state index >= 15 is 0 Å². The zero-order chi connectivity index (χ0) is 22.6. The van der Waals surface area contributed by atoms with Crippen molar-refractivity contribution in [1.82, 2.24) is 5.32 Å². The number of hydrogen-bond acceptors (Lipinski definition) is 4. The van der Waals surface area contributed by atoms with Gasteiger partial charge in [-0.1, -0.05) is 72.1 Å². The van der Waals surface area contributed by atoms with Crippen LogP contribution in [0.5, 0.6) is 5.75 Å². The molecule has 0 saturated carbocycles. The maximum Gasteiger partial charge on any atom is 0.407 e. The van der Waals surface area contributed by atoms with Crippen LogP contribution in [0.1, 0.15) is 40.2 Å². The van der Waals surface area contributed by atoms with E-state index in [1.54, 1.807) is 12.2 Å². The quantitative estimate of drug-likeness (QED) is 0.294. The van der Waals surface area contributed by atoms with Crippen molar-refractivity contribution in [3.05, 3.63) is 55.1 Å². The molecular weight excluding hydrogens is 394 g/mol. The fourth-order valence-corrected chi connectivity index (χ4v) is 8.18. The van der Waals surface area contributed by atoms with Gasteiger partial charge in [0.15, 0.2) is 8.32 Å². The smallest absolute Gasteiger partial charge is 0.407 e. The average molecular weight is 434 g/mol. The van der Waals surface area contributed by atoms with Crippen molar-refractivity contribution in [3.8, 4) is 5.75 Å². The first-order chi connectivity index (χ1) is 14.3. The van der Waals surface area contributed by atoms with Gasteiger partial charge in [-0.05, 0) is 41.2 Å². The van der Waals surface area contributed by atoms with Gasteiger partial charge in [0.25, 0.3) is 0 Å². The van der Waals surface area contributed by atoms with Crippen LogP contribution in [0.2, 0.25) is 17.1 Å². The number of nitrogens with one attached hydrogen (secondary N) is 1. The number of benzene rings is 1. The summed E-state index contributed by atoms with van der Waals surface area (Å²) >= 11 is 0. The Labute approximate surface area is 183 Å². The van der Waals surface area contributed by atoms with Crippen LogP contribution < -0.4 is 10.1 Å². The van der Waals surface area contributed by atoms with Gasteiger partial charge in [-0.3, -0.25) is 0 Å². The van der Waals surface area contributed by atoms with Gasteiger partial charge < -0.3 is 19.2 Å². The summed E-state index contributed by atoms with van der Waals surface area (Å²) in [7, 11) is -1.94. The monoisotopic (exact) mass is 433 g/mol. The van der Waals surface area contributed by atoms with Crippen LogP contribution in [0, 0.1) is 0 Å². The Morgan fingerprint density at radius 3 is 2.17 bits per heavy atom. The van der Waals surface area contributed by atoms with E-state index in [1.165, 1.54) is 0 Å². The molecule has 30 heavy (non-hydrogen) atoms. The van der Waals surface area contributed by atoms with Crippen LogP contribution in [0.4, 0.5) is 4.79 Å². The zero-order valence-electron chi connectivity index (χ0n) is 19.3. The minimum atomic E-state index is -1.94. The SMILES string of the molecule is C=CCOC(=O)N[C@H](CO[Si](CC)(C(C)C)C(C)C)Cc1ccc(OCC=C)cc1. The number of carbonyl (C=O) groups is 1. The number of amides is 1. The first kappa shape index (κ1) is 26.0. The summed E-state index contributed by atoms with van der Waals surface area (Å²) in [5.41, 5.74) is 2.09. The van der Waals surface area contributed by atoms with Gasteiger partial charge in [-0.25, -0.2) is 4.79 Å². The van der Waals surface area contributed by atoms with Gasteiger partial charge in [0.1, 0.15) is 19.0 Å². The number of rotatable bonds is 14. The molecule has 1 rings (SSSR count). The fourth-order valence-electron chi connectivity index (χ4n) is 3.83. The maximum absolute atomic E-state index is 12.2. The van der Waals surface area contributed by atoms with Crippen LogP contribution in [0.25, 0.3) is 0 Å². The Bertz CT molecular complexity index is 650. The molecule has 1 N–H and O–H groups in total. The lowest BCUT2D eigenvalue weighted by Gasteiger charge is -2.39. The highest BCUT2D eigenvalue weighted by atomic mass is 28.4. The van der Waals surface area contributed by atoms with Crippen molar-refractivity contribution >= 4 is 14.4 Å². The van der Waals surface area contributed by atoms with Crippen LogP contribution in [-0.2, 0) is 15.6 Å². The third-order valence-corrected chi connectivity index (χ3v) is 11.2. The van der Waals surface area contributed by atoms with Crippen molar-refractivity contribution in [1.29, 1.82) is 0 Å². The molecule has 0 fully saturated rings. The number of alkyl carbamates (subject to hydrolysis) is 1. The molecule has 1 aromatic rings. The molecule has 168 valence electrons. The van der Waals surface area contributed by atoms with Crippen molar-refractivity contribution in [2.75, 3.05) is 19.8 Å². The molecule has 0 aliphatic carbocycles. The fraction of sp³-hybridized carbons (Fsp3) is 0.542. The Balaban J connectivity index is 2.91. The standard InChI is InChI=1S/C24H39NO4Si/c1-8-15-27-23-13-11-21(12-14-23)17-22(25-24(26)28-16-9-2)18-29-30(10-3,19(4)5)20(6)7/h8-9,11-14,19-20,22H,1-2,10,15-18H2,3-7H3,(H,25,26)/t22-/m0/s1. The van der Waals surface area contributed by atoms with Crippen molar-refractivity contribution in [2.45, 2.75) is 64.2 Å². The van der Waals surface area contributed by atoms with E-state index in [1.807, 2.05) is 24.3 Å². The highest BCUT2D eigenvalue weighted by molar-refractivity contribution is 6.76. The zero-order valence-corrected chi connectivity index (χ0v) is 20.3. The molecule has 1 atom stereocenters. The molecular formula is C24H39NO4Si. The Hall–Kier alpha value is -2.05. The predicted molar refractivity (Wildman–Crippen MR) is 127 cm³/mol. The maximum atomic E-state index is 12.2. The van der Waals surface area contributed by atoms with E-state index in [9.17, 15) is 4.79 Å². The molecule has 1 aromatic carbocycles. The van der Waals surface area contributed by atoms with Gasteiger partial charge in [0.2, 0.25) is 0 Å². The van der Waals surface area contributed by atoms with Gasteiger partial charge in [0.05, 0.1) is 12.6 Å². The Morgan fingerprint density at radius 2 is 1.67 bits per heavy atom. The van der Waals surface area contributed by atoms with Gasteiger partial charge in [-0.15, -0.1) is 0 Å². The molecule has 0 aromatic heterocycles. The number of ether oxygens (including phenoxy) is 2. The summed E-state index contributed by atoms with van der Waals surface area (Å²) in [6.07, 6.45) is 3.47. The second-order valence-electron chi connectivity index (χ2n) is 8.11. The number of carbonyl (C=O) groups excluding carboxylic acids is 1. The van der Waals surface area contributed by atoms with Crippen LogP contribution in [0.3, 0.4) is 0 Å². The van der Waals surface area contributed by atoms with Gasteiger partial charge in [-0.2, -0.15) is 0 Å². The van der Waals surface area contributed by atoms with Crippen molar-refractivity contribution < 1.29 is 18.7 Å². The first-order valence-corrected chi connectivity index (χ1v) is 13.1. The van der Waals surface area contributed by atoms with E-state index in [0.29, 0.717) is 30.7 Å². The summed E-state index contributed by atoms with van der Waals surface area (Å²) in [5, 5.41) is 2.97.